The van der Waals surface area contributed by atoms with Gasteiger partial charge in [0.15, 0.2) is 0 Å². The van der Waals surface area contributed by atoms with E-state index in [2.05, 4.69) is 10.0 Å². The van der Waals surface area contributed by atoms with Crippen LogP contribution < -0.4 is 10.0 Å². The summed E-state index contributed by atoms with van der Waals surface area (Å²) < 4.78 is 54.3. The van der Waals surface area contributed by atoms with Gasteiger partial charge in [0.25, 0.3) is 15.9 Å². The minimum Gasteiger partial charge on any atom is -0.393 e. The molecule has 2 atom stereocenters. The fourth-order valence-electron chi connectivity index (χ4n) is 2.48. The van der Waals surface area contributed by atoms with Gasteiger partial charge in [-0.15, -0.1) is 0 Å². The zero-order chi connectivity index (χ0) is 20.2. The van der Waals surface area contributed by atoms with Crippen molar-refractivity contribution < 1.29 is 27.1 Å². The van der Waals surface area contributed by atoms with Crippen molar-refractivity contribution in [1.82, 2.24) is 5.32 Å². The Hall–Kier alpha value is -2.52. The highest BCUT2D eigenvalue weighted by atomic mass is 32.2. The van der Waals surface area contributed by atoms with E-state index in [0.29, 0.717) is 0 Å². The molecule has 0 bridgehead atoms. The van der Waals surface area contributed by atoms with E-state index in [1.54, 1.807) is 13.8 Å². The second-order valence-electron chi connectivity index (χ2n) is 6.22. The summed E-state index contributed by atoms with van der Waals surface area (Å²) in [5, 5.41) is 11.8. The molecule has 27 heavy (non-hydrogen) atoms. The number of halogens is 2. The van der Waals surface area contributed by atoms with Crippen LogP contribution in [0, 0.1) is 11.6 Å². The fourth-order valence-corrected chi connectivity index (χ4v) is 3.56. The molecule has 0 aromatic heterocycles. The molecule has 0 saturated carbocycles. The SMILES string of the molecule is CC(O)CC(C)NC(=O)c1cc(S(=O)(=O)Nc2cccc(F)c2)ccc1F. The predicted molar refractivity (Wildman–Crippen MR) is 96.8 cm³/mol. The normalized spacial score (nSPS) is 13.7. The highest BCUT2D eigenvalue weighted by Crippen LogP contribution is 2.20. The molecule has 0 spiro atoms. The Labute approximate surface area is 156 Å². The Morgan fingerprint density at radius 1 is 1.15 bits per heavy atom. The Balaban J connectivity index is 2.26. The van der Waals surface area contributed by atoms with Crippen LogP contribution in [-0.4, -0.2) is 31.6 Å². The molecule has 2 aromatic carbocycles. The van der Waals surface area contributed by atoms with Crippen molar-refractivity contribution in [3.05, 3.63) is 59.7 Å². The minimum atomic E-state index is -4.15. The van der Waals surface area contributed by atoms with Crippen molar-refractivity contribution in [1.29, 1.82) is 0 Å². The number of carbonyl (C=O) groups is 1. The molecule has 0 radical (unpaired) electrons. The first-order chi connectivity index (χ1) is 12.6. The second kappa shape index (κ2) is 8.45. The van der Waals surface area contributed by atoms with Crippen LogP contribution in [0.1, 0.15) is 30.6 Å². The van der Waals surface area contributed by atoms with E-state index < -0.39 is 45.3 Å². The van der Waals surface area contributed by atoms with Gasteiger partial charge in [-0.3, -0.25) is 9.52 Å². The number of hydrogen-bond donors (Lipinski definition) is 3. The summed E-state index contributed by atoms with van der Waals surface area (Å²) in [6.07, 6.45) is -0.403. The topological polar surface area (TPSA) is 95.5 Å². The number of aliphatic hydroxyl groups is 1. The van der Waals surface area contributed by atoms with E-state index in [0.717, 1.165) is 30.3 Å². The third-order valence-corrected chi connectivity index (χ3v) is 5.02. The van der Waals surface area contributed by atoms with E-state index in [1.165, 1.54) is 12.1 Å². The largest absolute Gasteiger partial charge is 0.393 e. The van der Waals surface area contributed by atoms with Gasteiger partial charge >= 0.3 is 0 Å². The molecule has 3 N–H and O–H groups in total. The van der Waals surface area contributed by atoms with Crippen molar-refractivity contribution >= 4 is 21.6 Å². The number of nitrogens with one attached hydrogen (secondary N) is 2. The zero-order valence-electron chi connectivity index (χ0n) is 14.7. The molecule has 0 heterocycles. The number of sulfonamides is 1. The van der Waals surface area contributed by atoms with Crippen LogP contribution in [0.3, 0.4) is 0 Å². The van der Waals surface area contributed by atoms with Crippen molar-refractivity contribution in [2.24, 2.45) is 0 Å². The van der Waals surface area contributed by atoms with Crippen LogP contribution in [0.5, 0.6) is 0 Å². The molecule has 0 aliphatic heterocycles. The molecule has 0 fully saturated rings. The maximum atomic E-state index is 14.0. The summed E-state index contributed by atoms with van der Waals surface area (Å²) in [5.41, 5.74) is -0.453. The number of amides is 1. The molecule has 9 heteroatoms. The Morgan fingerprint density at radius 3 is 2.48 bits per heavy atom. The number of aliphatic hydroxyl groups excluding tert-OH is 1. The van der Waals surface area contributed by atoms with Gasteiger partial charge in [-0.1, -0.05) is 6.07 Å². The summed E-state index contributed by atoms with van der Waals surface area (Å²) in [7, 11) is -4.15. The van der Waals surface area contributed by atoms with Crippen LogP contribution in [0.2, 0.25) is 0 Å². The molecule has 2 unspecified atom stereocenters. The lowest BCUT2D eigenvalue weighted by Gasteiger charge is -2.16. The maximum absolute atomic E-state index is 14.0. The van der Waals surface area contributed by atoms with Crippen molar-refractivity contribution in [3.63, 3.8) is 0 Å². The first kappa shape index (κ1) is 20.8. The van der Waals surface area contributed by atoms with Gasteiger partial charge in [-0.2, -0.15) is 0 Å². The predicted octanol–water partition coefficient (Wildman–Crippen LogP) is 2.65. The van der Waals surface area contributed by atoms with Gasteiger partial charge in [-0.25, -0.2) is 17.2 Å². The second-order valence-corrected chi connectivity index (χ2v) is 7.90. The molecule has 0 aliphatic rings. The van der Waals surface area contributed by atoms with Gasteiger partial charge < -0.3 is 10.4 Å². The smallest absolute Gasteiger partial charge is 0.261 e. The van der Waals surface area contributed by atoms with Crippen molar-refractivity contribution in [2.75, 3.05) is 4.72 Å². The number of rotatable bonds is 7. The third-order valence-electron chi connectivity index (χ3n) is 3.64. The van der Waals surface area contributed by atoms with Crippen LogP contribution >= 0.6 is 0 Å². The summed E-state index contributed by atoms with van der Waals surface area (Å²) in [5.74, 6) is -2.31. The Bertz CT molecular complexity index is 933. The number of hydrogen-bond acceptors (Lipinski definition) is 4. The van der Waals surface area contributed by atoms with E-state index in [9.17, 15) is 27.1 Å². The quantitative estimate of drug-likeness (QED) is 0.668. The van der Waals surface area contributed by atoms with Gasteiger partial charge in [0.05, 0.1) is 22.3 Å². The highest BCUT2D eigenvalue weighted by molar-refractivity contribution is 7.92. The molecule has 2 aromatic rings. The minimum absolute atomic E-state index is 0.00381. The lowest BCUT2D eigenvalue weighted by Crippen LogP contribution is -2.35. The van der Waals surface area contributed by atoms with Crippen LogP contribution in [0.15, 0.2) is 47.4 Å². The molecule has 1 amide bonds. The zero-order valence-corrected chi connectivity index (χ0v) is 15.6. The molecular weight excluding hydrogens is 378 g/mol. The lowest BCUT2D eigenvalue weighted by molar-refractivity contribution is 0.0918. The van der Waals surface area contributed by atoms with E-state index in [-0.39, 0.29) is 17.0 Å². The fraction of sp³-hybridized carbons (Fsp3) is 0.278. The Morgan fingerprint density at radius 2 is 1.85 bits per heavy atom. The average molecular weight is 398 g/mol. The lowest BCUT2D eigenvalue weighted by atomic mass is 10.1. The van der Waals surface area contributed by atoms with Gasteiger partial charge in [-0.05, 0) is 56.7 Å². The molecule has 0 saturated heterocycles. The van der Waals surface area contributed by atoms with Crippen LogP contribution in [-0.2, 0) is 10.0 Å². The van der Waals surface area contributed by atoms with E-state index in [1.807, 2.05) is 0 Å². The van der Waals surface area contributed by atoms with Gasteiger partial charge in [0.1, 0.15) is 11.6 Å². The van der Waals surface area contributed by atoms with Gasteiger partial charge in [0.2, 0.25) is 0 Å². The van der Waals surface area contributed by atoms with E-state index in [4.69, 9.17) is 0 Å². The summed E-state index contributed by atoms with van der Waals surface area (Å²) in [6, 6.07) is 7.18. The van der Waals surface area contributed by atoms with Crippen LogP contribution in [0.25, 0.3) is 0 Å². The molecule has 0 aliphatic carbocycles. The van der Waals surface area contributed by atoms with E-state index >= 15 is 0 Å². The number of anilines is 1. The summed E-state index contributed by atoms with van der Waals surface area (Å²) in [4.78, 5) is 11.9. The summed E-state index contributed by atoms with van der Waals surface area (Å²) in [6.45, 7) is 3.18. The third kappa shape index (κ3) is 5.73. The van der Waals surface area contributed by atoms with Crippen LogP contribution in [0.4, 0.5) is 14.5 Å². The molecule has 146 valence electrons. The average Bonchev–Trinajstić information content (AvgIpc) is 2.53. The first-order valence-electron chi connectivity index (χ1n) is 8.15. The number of benzene rings is 2. The Kier molecular flexibility index (Phi) is 6.50. The molecule has 2 rings (SSSR count). The highest BCUT2D eigenvalue weighted by Gasteiger charge is 2.21. The number of carbonyl (C=O) groups excluding carboxylic acids is 1. The molecular formula is C18H20F2N2O4S. The first-order valence-corrected chi connectivity index (χ1v) is 9.63. The molecule has 6 nitrogen and oxygen atoms in total. The van der Waals surface area contributed by atoms with Crippen molar-refractivity contribution in [2.45, 2.75) is 37.3 Å². The summed E-state index contributed by atoms with van der Waals surface area (Å²) >= 11 is 0. The van der Waals surface area contributed by atoms with Gasteiger partial charge in [0, 0.05) is 6.04 Å². The standard InChI is InChI=1S/C18H20F2N2O4S/c1-11(8-12(2)23)21-18(24)16-10-15(6-7-17(16)20)27(25,26)22-14-5-3-4-13(19)9-14/h3-7,9-12,22-23H,8H2,1-2H3,(H,21,24). The monoisotopic (exact) mass is 398 g/mol. The van der Waals surface area contributed by atoms with Crippen molar-refractivity contribution in [3.8, 4) is 0 Å². The maximum Gasteiger partial charge on any atom is 0.261 e.